The van der Waals surface area contributed by atoms with Gasteiger partial charge in [-0.15, -0.1) is 0 Å². The Balaban J connectivity index is 1.04. The zero-order chi connectivity index (χ0) is 18.6. The van der Waals surface area contributed by atoms with Crippen LogP contribution in [0.4, 0.5) is 0 Å². The minimum atomic E-state index is -0.477. The molecule has 5 saturated carbocycles. The molecule has 5 aliphatic carbocycles. The molecule has 0 aromatic carbocycles. The summed E-state index contributed by atoms with van der Waals surface area (Å²) in [6.07, 6.45) is 14.5. The van der Waals surface area contributed by atoms with Crippen LogP contribution in [0.25, 0.3) is 0 Å². The van der Waals surface area contributed by atoms with Crippen LogP contribution in [0.1, 0.15) is 63.4 Å². The Morgan fingerprint density at radius 2 is 1.75 bits per heavy atom. The molecular formula is C23H32N2O3. The molecule has 5 nitrogen and oxygen atoms in total. The first kappa shape index (κ1) is 17.8. The number of aromatic nitrogens is 1. The summed E-state index contributed by atoms with van der Waals surface area (Å²) in [6.45, 7) is 1.94. The SMILES string of the molecule is c1cncc(CNCC2CCC3(CC2)OOC2(O3)C3CC4CC(C3)CC2C4)c1. The monoisotopic (exact) mass is 384 g/mol. The number of hydrogen-bond donors (Lipinski definition) is 1. The first-order chi connectivity index (χ1) is 13.7. The van der Waals surface area contributed by atoms with Gasteiger partial charge in [0.15, 0.2) is 0 Å². The fourth-order valence-electron chi connectivity index (χ4n) is 7.04. The van der Waals surface area contributed by atoms with E-state index in [9.17, 15) is 0 Å². The zero-order valence-electron chi connectivity index (χ0n) is 16.6. The first-order valence-corrected chi connectivity index (χ1v) is 11.4. The van der Waals surface area contributed by atoms with Crippen LogP contribution in [0.15, 0.2) is 24.5 Å². The number of nitrogens with one attached hydrogen (secondary N) is 1. The minimum absolute atomic E-state index is 0.418. The number of pyridine rings is 1. The molecule has 1 saturated heterocycles. The fourth-order valence-corrected chi connectivity index (χ4v) is 7.04. The molecule has 0 unspecified atom stereocenters. The van der Waals surface area contributed by atoms with E-state index in [1.54, 1.807) is 0 Å². The van der Waals surface area contributed by atoms with Crippen molar-refractivity contribution >= 4 is 0 Å². The van der Waals surface area contributed by atoms with Crippen LogP contribution in [0.3, 0.4) is 0 Å². The van der Waals surface area contributed by atoms with Gasteiger partial charge in [0.2, 0.25) is 11.6 Å². The molecule has 0 radical (unpaired) electrons. The van der Waals surface area contributed by atoms with Crippen molar-refractivity contribution in [1.82, 2.24) is 10.3 Å². The maximum absolute atomic E-state index is 6.80. The largest absolute Gasteiger partial charge is 0.312 e. The summed E-state index contributed by atoms with van der Waals surface area (Å²) in [5, 5.41) is 3.60. The van der Waals surface area contributed by atoms with Gasteiger partial charge in [-0.3, -0.25) is 4.98 Å². The Labute approximate surface area is 167 Å². The summed E-state index contributed by atoms with van der Waals surface area (Å²) in [6, 6.07) is 4.12. The summed E-state index contributed by atoms with van der Waals surface area (Å²) < 4.78 is 6.80. The molecule has 4 bridgehead atoms. The Bertz CT molecular complexity index is 673. The molecule has 5 heteroatoms. The van der Waals surface area contributed by atoms with Gasteiger partial charge in [-0.05, 0) is 80.9 Å². The summed E-state index contributed by atoms with van der Waals surface area (Å²) in [7, 11) is 0. The molecule has 2 spiro atoms. The van der Waals surface area contributed by atoms with Crippen LogP contribution in [0.5, 0.6) is 0 Å². The number of ether oxygens (including phenoxy) is 1. The predicted octanol–water partition coefficient (Wildman–Crippen LogP) is 4.19. The van der Waals surface area contributed by atoms with E-state index in [1.807, 2.05) is 18.5 Å². The molecule has 0 amide bonds. The molecule has 0 atom stereocenters. The number of nitrogens with zero attached hydrogens (tertiary/aromatic N) is 1. The van der Waals surface area contributed by atoms with E-state index in [2.05, 4.69) is 16.4 Å². The Morgan fingerprint density at radius 3 is 2.43 bits per heavy atom. The molecule has 6 aliphatic rings. The molecule has 2 heterocycles. The number of rotatable bonds is 4. The van der Waals surface area contributed by atoms with Gasteiger partial charge in [-0.1, -0.05) is 6.07 Å². The van der Waals surface area contributed by atoms with Crippen LogP contribution >= 0.6 is 0 Å². The standard InChI is InChI=1S/C23H32N2O3/c1-2-17(14-24-7-1)15-25-13-16-3-5-22(6-4-16)26-23(28-27-22)20-9-18-8-19(11-20)12-21(23)10-18/h1-2,7,14,16,18-21,25H,3-6,8-13,15H2. The van der Waals surface area contributed by atoms with Crippen molar-refractivity contribution < 1.29 is 14.5 Å². The molecule has 152 valence electrons. The molecular weight excluding hydrogens is 352 g/mol. The summed E-state index contributed by atoms with van der Waals surface area (Å²) >= 11 is 0. The highest BCUT2D eigenvalue weighted by atomic mass is 17.3. The van der Waals surface area contributed by atoms with E-state index < -0.39 is 11.6 Å². The van der Waals surface area contributed by atoms with Crippen molar-refractivity contribution in [3.8, 4) is 0 Å². The molecule has 6 fully saturated rings. The second-order valence-corrected chi connectivity index (χ2v) is 10.1. The van der Waals surface area contributed by atoms with E-state index in [0.717, 1.165) is 50.6 Å². The van der Waals surface area contributed by atoms with Gasteiger partial charge in [-0.2, -0.15) is 9.78 Å². The second-order valence-electron chi connectivity index (χ2n) is 10.1. The number of hydrogen-bond acceptors (Lipinski definition) is 5. The molecule has 1 aromatic heterocycles. The van der Waals surface area contributed by atoms with E-state index in [4.69, 9.17) is 14.5 Å². The van der Waals surface area contributed by atoms with E-state index in [0.29, 0.717) is 17.8 Å². The van der Waals surface area contributed by atoms with Crippen molar-refractivity contribution in [1.29, 1.82) is 0 Å². The Hall–Kier alpha value is -1.01. The Morgan fingerprint density at radius 1 is 1.00 bits per heavy atom. The van der Waals surface area contributed by atoms with Gasteiger partial charge in [-0.25, -0.2) is 0 Å². The molecule has 1 aliphatic heterocycles. The normalized spacial score (nSPS) is 46.6. The maximum atomic E-state index is 6.80. The summed E-state index contributed by atoms with van der Waals surface area (Å²) in [4.78, 5) is 16.4. The van der Waals surface area contributed by atoms with Crippen LogP contribution < -0.4 is 5.32 Å². The van der Waals surface area contributed by atoms with Gasteiger partial charge < -0.3 is 10.1 Å². The average molecular weight is 385 g/mol. The molecule has 1 N–H and O–H groups in total. The van der Waals surface area contributed by atoms with Crippen molar-refractivity contribution in [2.75, 3.05) is 6.54 Å². The third-order valence-electron chi connectivity index (χ3n) is 8.30. The maximum Gasteiger partial charge on any atom is 0.210 e. The molecule has 28 heavy (non-hydrogen) atoms. The zero-order valence-corrected chi connectivity index (χ0v) is 16.6. The predicted molar refractivity (Wildman–Crippen MR) is 104 cm³/mol. The third kappa shape index (κ3) is 2.94. The Kier molecular flexibility index (Phi) is 4.30. The smallest absolute Gasteiger partial charge is 0.210 e. The van der Waals surface area contributed by atoms with Crippen molar-refractivity contribution in [2.24, 2.45) is 29.6 Å². The van der Waals surface area contributed by atoms with Crippen molar-refractivity contribution in [3.63, 3.8) is 0 Å². The van der Waals surface area contributed by atoms with Gasteiger partial charge in [0.25, 0.3) is 0 Å². The highest BCUT2D eigenvalue weighted by Crippen LogP contribution is 2.63. The quantitative estimate of drug-likeness (QED) is 0.789. The van der Waals surface area contributed by atoms with Crippen LogP contribution in [-0.4, -0.2) is 23.1 Å². The first-order valence-electron chi connectivity index (χ1n) is 11.4. The van der Waals surface area contributed by atoms with Gasteiger partial charge >= 0.3 is 0 Å². The lowest BCUT2D eigenvalue weighted by molar-refractivity contribution is -0.390. The van der Waals surface area contributed by atoms with E-state index in [1.165, 1.54) is 37.7 Å². The average Bonchev–Trinajstić information content (AvgIpc) is 3.08. The van der Waals surface area contributed by atoms with E-state index in [-0.39, 0.29) is 0 Å². The third-order valence-corrected chi connectivity index (χ3v) is 8.30. The lowest BCUT2D eigenvalue weighted by Gasteiger charge is -2.57. The van der Waals surface area contributed by atoms with Crippen LogP contribution in [0, 0.1) is 29.6 Å². The van der Waals surface area contributed by atoms with Gasteiger partial charge in [0.05, 0.1) is 0 Å². The van der Waals surface area contributed by atoms with Gasteiger partial charge in [0.1, 0.15) is 0 Å². The summed E-state index contributed by atoms with van der Waals surface area (Å²) in [5.74, 6) is 2.74. The summed E-state index contributed by atoms with van der Waals surface area (Å²) in [5.41, 5.74) is 1.24. The van der Waals surface area contributed by atoms with Crippen molar-refractivity contribution in [2.45, 2.75) is 75.9 Å². The molecule has 7 rings (SSSR count). The van der Waals surface area contributed by atoms with Gasteiger partial charge in [0, 0.05) is 43.6 Å². The highest BCUT2D eigenvalue weighted by Gasteiger charge is 2.66. The van der Waals surface area contributed by atoms with Crippen LogP contribution in [-0.2, 0) is 21.1 Å². The van der Waals surface area contributed by atoms with Crippen molar-refractivity contribution in [3.05, 3.63) is 30.1 Å². The highest BCUT2D eigenvalue weighted by molar-refractivity contribution is 5.08. The fraction of sp³-hybridized carbons (Fsp3) is 0.783. The lowest BCUT2D eigenvalue weighted by atomic mass is 9.53. The van der Waals surface area contributed by atoms with E-state index >= 15 is 0 Å². The molecule has 1 aromatic rings. The van der Waals surface area contributed by atoms with Crippen LogP contribution in [0.2, 0.25) is 0 Å². The second kappa shape index (κ2) is 6.76. The topological polar surface area (TPSA) is 52.6 Å². The minimum Gasteiger partial charge on any atom is -0.312 e. The lowest BCUT2D eigenvalue weighted by Crippen LogP contribution is -2.59.